The average Bonchev–Trinajstić information content (AvgIpc) is 2.89. The Kier molecular flexibility index (Phi) is 13.9. The zero-order valence-electron chi connectivity index (χ0n) is 20.2. The van der Waals surface area contributed by atoms with Gasteiger partial charge in [-0.15, -0.1) is 0 Å². The number of thiol groups is 1. The highest BCUT2D eigenvalue weighted by molar-refractivity contribution is 7.98. The van der Waals surface area contributed by atoms with Crippen LogP contribution in [0, 0.1) is 0 Å². The van der Waals surface area contributed by atoms with E-state index in [1.165, 1.54) is 7.11 Å². The van der Waals surface area contributed by atoms with E-state index in [0.717, 1.165) is 22.6 Å². The van der Waals surface area contributed by atoms with Crippen LogP contribution in [0.25, 0.3) is 11.1 Å². The lowest BCUT2D eigenvalue weighted by atomic mass is 9.98. The van der Waals surface area contributed by atoms with Crippen LogP contribution in [0.5, 0.6) is 0 Å². The first-order chi connectivity index (χ1) is 17.4. The zero-order valence-corrected chi connectivity index (χ0v) is 22.0. The van der Waals surface area contributed by atoms with Gasteiger partial charge in [0, 0.05) is 29.6 Å². The number of rotatable bonds is 11. The van der Waals surface area contributed by atoms with E-state index >= 15 is 0 Å². The molecule has 0 bridgehead atoms. The summed E-state index contributed by atoms with van der Waals surface area (Å²) in [5.41, 5.74) is 8.96. The van der Waals surface area contributed by atoms with E-state index in [4.69, 9.17) is 20.4 Å². The molecule has 2 aromatic rings. The van der Waals surface area contributed by atoms with Gasteiger partial charge in [0.05, 0.1) is 7.11 Å². The lowest BCUT2D eigenvalue weighted by molar-refractivity contribution is -0.192. The molecule has 204 valence electrons. The first-order valence-electron chi connectivity index (χ1n) is 10.9. The van der Waals surface area contributed by atoms with Crippen LogP contribution in [0.3, 0.4) is 0 Å². The number of carbonyl (C=O) groups excluding carboxylic acids is 2. The normalized spacial score (nSPS) is 12.4. The molecule has 0 aliphatic rings. The van der Waals surface area contributed by atoms with Gasteiger partial charge in [0.1, 0.15) is 6.04 Å². The number of ether oxygens (including phenoxy) is 1. The standard InChI is InChI=1S/C22H29N3O3S2.C2HF3O2/c1-28-22(27)20(10-11-30-2)25-21(26)18-9-8-17(24-13-16(23)14-29)12-19(18)15-6-4-3-5-7-15;3-2(4,5)1(6)7/h3-9,12,16,20,24,29H,10-11,13-14,23H2,1-2H3,(H,25,26);(H,6,7)/t16-,20+;/m1./s1. The smallest absolute Gasteiger partial charge is 0.475 e. The van der Waals surface area contributed by atoms with Crippen LogP contribution in [0.4, 0.5) is 18.9 Å². The molecule has 0 heterocycles. The summed E-state index contributed by atoms with van der Waals surface area (Å²) >= 11 is 5.82. The summed E-state index contributed by atoms with van der Waals surface area (Å²) in [6.07, 6.45) is -2.63. The fourth-order valence-electron chi connectivity index (χ4n) is 2.89. The molecule has 0 unspecified atom stereocenters. The van der Waals surface area contributed by atoms with E-state index in [-0.39, 0.29) is 11.9 Å². The molecule has 0 spiro atoms. The van der Waals surface area contributed by atoms with Gasteiger partial charge in [0.2, 0.25) is 0 Å². The number of carboxylic acid groups (broad SMARTS) is 1. The summed E-state index contributed by atoms with van der Waals surface area (Å²) in [5, 5.41) is 13.2. The van der Waals surface area contributed by atoms with Crippen molar-refractivity contribution in [1.29, 1.82) is 0 Å². The zero-order chi connectivity index (χ0) is 28.0. The summed E-state index contributed by atoms with van der Waals surface area (Å²) in [6, 6.07) is 14.4. The topological polar surface area (TPSA) is 131 Å². The van der Waals surface area contributed by atoms with Gasteiger partial charge in [-0.2, -0.15) is 37.6 Å². The number of halogens is 3. The summed E-state index contributed by atoms with van der Waals surface area (Å²) in [4.78, 5) is 34.1. The molecular weight excluding hydrogens is 531 g/mol. The third-order valence-corrected chi connectivity index (χ3v) is 5.91. The van der Waals surface area contributed by atoms with E-state index in [2.05, 4.69) is 23.3 Å². The highest BCUT2D eigenvalue weighted by Crippen LogP contribution is 2.27. The minimum Gasteiger partial charge on any atom is -0.475 e. The van der Waals surface area contributed by atoms with Crippen LogP contribution in [0.1, 0.15) is 16.8 Å². The van der Waals surface area contributed by atoms with Crippen LogP contribution in [0.2, 0.25) is 0 Å². The van der Waals surface area contributed by atoms with Crippen molar-refractivity contribution in [3.8, 4) is 11.1 Å². The molecule has 0 saturated carbocycles. The van der Waals surface area contributed by atoms with Gasteiger partial charge in [-0.1, -0.05) is 30.3 Å². The Labute approximate surface area is 222 Å². The maximum atomic E-state index is 13.1. The molecule has 0 aromatic heterocycles. The van der Waals surface area contributed by atoms with E-state index in [0.29, 0.717) is 24.3 Å². The number of hydrogen-bond donors (Lipinski definition) is 5. The highest BCUT2D eigenvalue weighted by atomic mass is 32.2. The Morgan fingerprint density at radius 1 is 1.16 bits per heavy atom. The maximum Gasteiger partial charge on any atom is 0.490 e. The summed E-state index contributed by atoms with van der Waals surface area (Å²) < 4.78 is 36.6. The second-order valence-corrected chi connectivity index (χ2v) is 8.93. The predicted molar refractivity (Wildman–Crippen MR) is 142 cm³/mol. The molecule has 0 radical (unpaired) electrons. The third kappa shape index (κ3) is 11.4. The fourth-order valence-corrected chi connectivity index (χ4v) is 3.49. The van der Waals surface area contributed by atoms with Gasteiger partial charge >= 0.3 is 18.1 Å². The first-order valence-corrected chi connectivity index (χ1v) is 12.9. The molecule has 0 fully saturated rings. The van der Waals surface area contributed by atoms with E-state index in [1.807, 2.05) is 48.7 Å². The number of methoxy groups -OCH3 is 1. The van der Waals surface area contributed by atoms with Crippen molar-refractivity contribution in [3.05, 3.63) is 54.1 Å². The number of nitrogens with one attached hydrogen (secondary N) is 2. The second-order valence-electron chi connectivity index (χ2n) is 7.58. The second kappa shape index (κ2) is 16.0. The van der Waals surface area contributed by atoms with Gasteiger partial charge in [0.15, 0.2) is 0 Å². The van der Waals surface area contributed by atoms with Crippen LogP contribution >= 0.6 is 24.4 Å². The van der Waals surface area contributed by atoms with Crippen molar-refractivity contribution in [3.63, 3.8) is 0 Å². The van der Waals surface area contributed by atoms with Gasteiger partial charge in [0.25, 0.3) is 5.91 Å². The molecule has 0 aliphatic heterocycles. The van der Waals surface area contributed by atoms with E-state index < -0.39 is 24.2 Å². The highest BCUT2D eigenvalue weighted by Gasteiger charge is 2.38. The Hall–Kier alpha value is -2.90. The SMILES string of the molecule is COC(=O)[C@H](CCSC)NC(=O)c1ccc(NC[C@@H](N)CS)cc1-c1ccccc1.O=C(O)C(F)(F)F. The van der Waals surface area contributed by atoms with Gasteiger partial charge < -0.3 is 26.2 Å². The predicted octanol–water partition coefficient (Wildman–Crippen LogP) is 3.68. The number of thioether (sulfide) groups is 1. The van der Waals surface area contributed by atoms with Crippen LogP contribution in [0.15, 0.2) is 48.5 Å². The number of aliphatic carboxylic acids is 1. The summed E-state index contributed by atoms with van der Waals surface area (Å²) in [5.74, 6) is -2.21. The van der Waals surface area contributed by atoms with Crippen molar-refractivity contribution in [2.75, 3.05) is 36.7 Å². The molecule has 0 saturated heterocycles. The fraction of sp³-hybridized carbons (Fsp3) is 0.375. The molecular formula is C24H30F3N3O5S2. The summed E-state index contributed by atoms with van der Waals surface area (Å²) in [7, 11) is 1.33. The minimum absolute atomic E-state index is 0.0752. The molecule has 8 nitrogen and oxygen atoms in total. The van der Waals surface area contributed by atoms with Gasteiger partial charge in [-0.05, 0) is 47.8 Å². The number of esters is 1. The Balaban J connectivity index is 0.000000856. The Bertz CT molecular complexity index is 1030. The molecule has 2 rings (SSSR count). The Morgan fingerprint density at radius 2 is 1.78 bits per heavy atom. The first kappa shape index (κ1) is 32.1. The molecule has 1 amide bonds. The number of carboxylic acids is 1. The quantitative estimate of drug-likeness (QED) is 0.208. The number of benzene rings is 2. The third-order valence-electron chi connectivity index (χ3n) is 4.80. The molecule has 2 aromatic carbocycles. The molecule has 37 heavy (non-hydrogen) atoms. The van der Waals surface area contributed by atoms with Gasteiger partial charge in [-0.25, -0.2) is 9.59 Å². The molecule has 2 atom stereocenters. The molecule has 0 aliphatic carbocycles. The lowest BCUT2D eigenvalue weighted by Crippen LogP contribution is -2.42. The van der Waals surface area contributed by atoms with Crippen molar-refractivity contribution >= 4 is 47.9 Å². The monoisotopic (exact) mass is 561 g/mol. The van der Waals surface area contributed by atoms with Crippen molar-refractivity contribution < 1.29 is 37.4 Å². The largest absolute Gasteiger partial charge is 0.490 e. The minimum atomic E-state index is -5.08. The number of anilines is 1. The number of amides is 1. The van der Waals surface area contributed by atoms with E-state index in [1.54, 1.807) is 17.8 Å². The number of hydrogen-bond acceptors (Lipinski definition) is 8. The lowest BCUT2D eigenvalue weighted by Gasteiger charge is -2.19. The number of alkyl halides is 3. The van der Waals surface area contributed by atoms with E-state index in [9.17, 15) is 22.8 Å². The van der Waals surface area contributed by atoms with Crippen molar-refractivity contribution in [1.82, 2.24) is 5.32 Å². The van der Waals surface area contributed by atoms with Gasteiger partial charge in [-0.3, -0.25) is 4.79 Å². The van der Waals surface area contributed by atoms with Crippen LogP contribution < -0.4 is 16.4 Å². The maximum absolute atomic E-state index is 13.1. The van der Waals surface area contributed by atoms with Crippen molar-refractivity contribution in [2.24, 2.45) is 5.73 Å². The Morgan fingerprint density at radius 3 is 2.30 bits per heavy atom. The number of carbonyl (C=O) groups is 3. The van der Waals surface area contributed by atoms with Crippen LogP contribution in [-0.2, 0) is 14.3 Å². The average molecular weight is 562 g/mol. The number of nitrogens with two attached hydrogens (primary N) is 1. The summed E-state index contributed by atoms with van der Waals surface area (Å²) in [6.45, 7) is 0.572. The van der Waals surface area contributed by atoms with Crippen LogP contribution in [-0.4, -0.2) is 72.6 Å². The molecule has 5 N–H and O–H groups in total. The molecule has 13 heteroatoms. The van der Waals surface area contributed by atoms with Crippen molar-refractivity contribution in [2.45, 2.75) is 24.7 Å².